The van der Waals surface area contributed by atoms with Crippen molar-refractivity contribution in [2.24, 2.45) is 17.8 Å². The molecule has 0 bridgehead atoms. The summed E-state index contributed by atoms with van der Waals surface area (Å²) in [5.41, 5.74) is -0.671. The van der Waals surface area contributed by atoms with Crippen LogP contribution < -0.4 is 0 Å². The number of aliphatic carboxylic acids is 1. The van der Waals surface area contributed by atoms with Crippen LogP contribution in [0.25, 0.3) is 0 Å². The van der Waals surface area contributed by atoms with Gasteiger partial charge in [-0.25, -0.2) is 4.79 Å². The van der Waals surface area contributed by atoms with Gasteiger partial charge in [0.2, 0.25) is 0 Å². The van der Waals surface area contributed by atoms with E-state index >= 15 is 0 Å². The lowest BCUT2D eigenvalue weighted by Gasteiger charge is -2.53. The first-order chi connectivity index (χ1) is 8.80. The van der Waals surface area contributed by atoms with Gasteiger partial charge >= 0.3 is 5.97 Å². The molecule has 0 amide bonds. The van der Waals surface area contributed by atoms with Gasteiger partial charge in [0, 0.05) is 11.5 Å². The van der Waals surface area contributed by atoms with Gasteiger partial charge in [-0.15, -0.1) is 0 Å². The quantitative estimate of drug-likeness (QED) is 0.525. The van der Waals surface area contributed by atoms with Crippen molar-refractivity contribution in [3.05, 3.63) is 23.8 Å². The minimum atomic E-state index is -1.40. The van der Waals surface area contributed by atoms with Crippen LogP contribution in [0.1, 0.15) is 33.1 Å². The number of fused-ring (bicyclic) bond motifs is 1. The Morgan fingerprint density at radius 3 is 2.68 bits per heavy atom. The second-order valence-electron chi connectivity index (χ2n) is 6.02. The normalized spacial score (nSPS) is 42.2. The maximum atomic E-state index is 11.2. The van der Waals surface area contributed by atoms with Gasteiger partial charge in [0.15, 0.2) is 0 Å². The molecule has 0 aliphatic heterocycles. The SMILES string of the molecule is C=C(C(=O)O)[C@@H]1CC[C@@H](C)[C@@H]2CC=C(C)[C@@H](O)[C@]12O. The van der Waals surface area contributed by atoms with Gasteiger partial charge < -0.3 is 15.3 Å². The molecular formula is C15H22O4. The van der Waals surface area contributed by atoms with E-state index in [4.69, 9.17) is 5.11 Å². The average molecular weight is 266 g/mol. The average Bonchev–Trinajstić information content (AvgIpc) is 2.35. The number of aliphatic hydroxyl groups excluding tert-OH is 1. The highest BCUT2D eigenvalue weighted by Crippen LogP contribution is 2.51. The molecular weight excluding hydrogens is 244 g/mol. The molecule has 0 radical (unpaired) electrons. The molecule has 0 aromatic carbocycles. The molecule has 0 heterocycles. The first-order valence-corrected chi connectivity index (χ1v) is 6.79. The molecule has 3 N–H and O–H groups in total. The molecule has 0 unspecified atom stereocenters. The van der Waals surface area contributed by atoms with Gasteiger partial charge in [0.1, 0.15) is 11.7 Å². The second kappa shape index (κ2) is 4.76. The van der Waals surface area contributed by atoms with Gasteiger partial charge in [-0.2, -0.15) is 0 Å². The van der Waals surface area contributed by atoms with E-state index in [1.807, 2.05) is 6.08 Å². The van der Waals surface area contributed by atoms with Crippen LogP contribution in [-0.2, 0) is 4.79 Å². The van der Waals surface area contributed by atoms with E-state index in [-0.39, 0.29) is 17.4 Å². The van der Waals surface area contributed by atoms with E-state index in [9.17, 15) is 15.0 Å². The van der Waals surface area contributed by atoms with Crippen LogP contribution in [0.4, 0.5) is 0 Å². The lowest BCUT2D eigenvalue weighted by molar-refractivity contribution is -0.169. The molecule has 0 aromatic rings. The molecule has 1 saturated carbocycles. The van der Waals surface area contributed by atoms with Gasteiger partial charge in [0.25, 0.3) is 0 Å². The summed E-state index contributed by atoms with van der Waals surface area (Å²) in [7, 11) is 0. The van der Waals surface area contributed by atoms with Crippen molar-refractivity contribution in [3.8, 4) is 0 Å². The number of allylic oxidation sites excluding steroid dienone is 1. The molecule has 0 spiro atoms. The first kappa shape index (κ1) is 14.3. The van der Waals surface area contributed by atoms with Crippen LogP contribution >= 0.6 is 0 Å². The highest BCUT2D eigenvalue weighted by Gasteiger charge is 2.56. The zero-order chi connectivity index (χ0) is 14.4. The Hall–Kier alpha value is -1.13. The van der Waals surface area contributed by atoms with Crippen molar-refractivity contribution in [2.45, 2.75) is 44.8 Å². The van der Waals surface area contributed by atoms with E-state index in [2.05, 4.69) is 13.5 Å². The second-order valence-corrected chi connectivity index (χ2v) is 6.02. The minimum Gasteiger partial charge on any atom is -0.478 e. The minimum absolute atomic E-state index is 0.00755. The molecule has 4 heteroatoms. The molecule has 5 atom stereocenters. The number of hydrogen-bond donors (Lipinski definition) is 3. The molecule has 2 aliphatic carbocycles. The Morgan fingerprint density at radius 1 is 1.47 bits per heavy atom. The fourth-order valence-electron chi connectivity index (χ4n) is 3.78. The fraction of sp³-hybridized carbons (Fsp3) is 0.667. The maximum Gasteiger partial charge on any atom is 0.331 e. The molecule has 2 rings (SSSR count). The Bertz CT molecular complexity index is 439. The molecule has 0 saturated heterocycles. The first-order valence-electron chi connectivity index (χ1n) is 6.79. The fourth-order valence-corrected chi connectivity index (χ4v) is 3.78. The van der Waals surface area contributed by atoms with Crippen LogP contribution in [0.15, 0.2) is 23.8 Å². The van der Waals surface area contributed by atoms with E-state index < -0.39 is 23.6 Å². The molecule has 106 valence electrons. The molecule has 19 heavy (non-hydrogen) atoms. The lowest BCUT2D eigenvalue weighted by atomic mass is 9.56. The third kappa shape index (κ3) is 2.03. The van der Waals surface area contributed by atoms with E-state index in [0.29, 0.717) is 12.8 Å². The van der Waals surface area contributed by atoms with Crippen LogP contribution in [0.5, 0.6) is 0 Å². The van der Waals surface area contributed by atoms with Crippen molar-refractivity contribution >= 4 is 5.97 Å². The third-order valence-electron chi connectivity index (χ3n) is 5.01. The zero-order valence-electron chi connectivity index (χ0n) is 11.5. The predicted molar refractivity (Wildman–Crippen MR) is 71.5 cm³/mol. The number of carboxylic acid groups (broad SMARTS) is 1. The highest BCUT2D eigenvalue weighted by atomic mass is 16.4. The smallest absolute Gasteiger partial charge is 0.331 e. The summed E-state index contributed by atoms with van der Waals surface area (Å²) >= 11 is 0. The summed E-state index contributed by atoms with van der Waals surface area (Å²) in [5.74, 6) is -1.51. The Morgan fingerprint density at radius 2 is 2.11 bits per heavy atom. The number of carboxylic acids is 1. The number of aliphatic hydroxyl groups is 2. The Balaban J connectivity index is 2.45. The molecule has 1 fully saturated rings. The third-order valence-corrected chi connectivity index (χ3v) is 5.01. The van der Waals surface area contributed by atoms with E-state index in [0.717, 1.165) is 12.0 Å². The monoisotopic (exact) mass is 266 g/mol. The summed E-state index contributed by atoms with van der Waals surface area (Å²) < 4.78 is 0. The Kier molecular flexibility index (Phi) is 3.58. The van der Waals surface area contributed by atoms with Gasteiger partial charge in [-0.05, 0) is 43.6 Å². The van der Waals surface area contributed by atoms with Crippen molar-refractivity contribution in [1.82, 2.24) is 0 Å². The molecule has 0 aromatic heterocycles. The summed E-state index contributed by atoms with van der Waals surface area (Å²) in [6.45, 7) is 7.44. The Labute approximate surface area is 113 Å². The summed E-state index contributed by atoms with van der Waals surface area (Å²) in [6, 6.07) is 0. The number of rotatable bonds is 2. The number of carbonyl (C=O) groups is 1. The van der Waals surface area contributed by atoms with Crippen LogP contribution in [0, 0.1) is 17.8 Å². The van der Waals surface area contributed by atoms with Gasteiger partial charge in [-0.1, -0.05) is 19.6 Å². The van der Waals surface area contributed by atoms with Gasteiger partial charge in [0.05, 0.1) is 0 Å². The topological polar surface area (TPSA) is 77.8 Å². The van der Waals surface area contributed by atoms with Crippen molar-refractivity contribution in [3.63, 3.8) is 0 Å². The van der Waals surface area contributed by atoms with E-state index in [1.54, 1.807) is 6.92 Å². The van der Waals surface area contributed by atoms with Crippen LogP contribution in [-0.4, -0.2) is 33.0 Å². The van der Waals surface area contributed by atoms with Crippen LogP contribution in [0.2, 0.25) is 0 Å². The van der Waals surface area contributed by atoms with Gasteiger partial charge in [-0.3, -0.25) is 0 Å². The van der Waals surface area contributed by atoms with Crippen molar-refractivity contribution in [2.75, 3.05) is 0 Å². The van der Waals surface area contributed by atoms with Crippen LogP contribution in [0.3, 0.4) is 0 Å². The van der Waals surface area contributed by atoms with Crippen molar-refractivity contribution < 1.29 is 20.1 Å². The summed E-state index contributed by atoms with van der Waals surface area (Å²) in [4.78, 5) is 11.2. The van der Waals surface area contributed by atoms with Crippen molar-refractivity contribution in [1.29, 1.82) is 0 Å². The highest BCUT2D eigenvalue weighted by molar-refractivity contribution is 5.86. The largest absolute Gasteiger partial charge is 0.478 e. The molecule has 2 aliphatic rings. The summed E-state index contributed by atoms with van der Waals surface area (Å²) in [5, 5.41) is 30.6. The lowest BCUT2D eigenvalue weighted by Crippen LogP contribution is -2.61. The standard InChI is InChI=1S/C15H22O4/c1-8-4-7-12(10(3)14(17)18)15(19)11(8)6-5-9(2)13(15)16/h5,8,11-13,16,19H,3-4,6-7H2,1-2H3,(H,17,18)/t8-,11+,12+,13-,15-/m1/s1. The summed E-state index contributed by atoms with van der Waals surface area (Å²) in [6.07, 6.45) is 3.04. The van der Waals surface area contributed by atoms with E-state index in [1.165, 1.54) is 0 Å². The zero-order valence-corrected chi connectivity index (χ0v) is 11.5. The predicted octanol–water partition coefficient (Wildman–Crippen LogP) is 1.73. The number of hydrogen-bond acceptors (Lipinski definition) is 3. The maximum absolute atomic E-state index is 11.2. The molecule has 4 nitrogen and oxygen atoms in total.